The van der Waals surface area contributed by atoms with Crippen LogP contribution in [0.5, 0.6) is 0 Å². The molecule has 0 saturated carbocycles. The highest BCUT2D eigenvalue weighted by Gasteiger charge is 2.27. The van der Waals surface area contributed by atoms with E-state index in [-0.39, 0.29) is 26.1 Å². The normalized spacial score (nSPS) is 14.6. The fourth-order valence-corrected chi connectivity index (χ4v) is 6.64. The molecular weight excluding hydrogens is 757 g/mol. The number of allylic oxidation sites excluding steroid dienone is 6. The number of esters is 2. The van der Waals surface area contributed by atoms with Gasteiger partial charge in [-0.3, -0.25) is 18.6 Å². The molecule has 0 bridgehead atoms. The van der Waals surface area contributed by atoms with Gasteiger partial charge in [-0.25, -0.2) is 4.57 Å². The summed E-state index contributed by atoms with van der Waals surface area (Å²) >= 11 is 0. The molecule has 0 amide bonds. The van der Waals surface area contributed by atoms with Gasteiger partial charge in [-0.1, -0.05) is 101 Å². The summed E-state index contributed by atoms with van der Waals surface area (Å²) in [5.74, 6) is 1.26. The average molecular weight is 837 g/mol. The van der Waals surface area contributed by atoms with Crippen LogP contribution in [-0.2, 0) is 45.5 Å². The molecule has 0 saturated heterocycles. The predicted molar refractivity (Wildman–Crippen MR) is 233 cm³/mol. The maximum Gasteiger partial charge on any atom is 0.472 e. The smallest absolute Gasteiger partial charge is 0.466 e. The number of likely N-dealkylation sites (N-methyl/N-ethyl adjacent to an activating group) is 1. The fourth-order valence-electron chi connectivity index (χ4n) is 5.90. The second-order valence-electron chi connectivity index (χ2n) is 16.2. The highest BCUT2D eigenvalue weighted by molar-refractivity contribution is 7.47. The third kappa shape index (κ3) is 28.6. The van der Waals surface area contributed by atoms with E-state index in [0.717, 1.165) is 75.7 Å². The highest BCUT2D eigenvalue weighted by atomic mass is 31.2. The van der Waals surface area contributed by atoms with Crippen molar-refractivity contribution in [2.75, 3.05) is 47.5 Å². The molecule has 1 aromatic heterocycles. The first-order chi connectivity index (χ1) is 27.7. The first kappa shape index (κ1) is 53.2. The van der Waals surface area contributed by atoms with Crippen molar-refractivity contribution >= 4 is 19.8 Å². The van der Waals surface area contributed by atoms with Gasteiger partial charge >= 0.3 is 19.8 Å². The summed E-state index contributed by atoms with van der Waals surface area (Å²) in [6.07, 6.45) is 30.5. The molecule has 58 heavy (non-hydrogen) atoms. The zero-order chi connectivity index (χ0) is 43.1. The molecule has 1 heterocycles. The topological polar surface area (TPSA) is 142 Å². The van der Waals surface area contributed by atoms with Crippen molar-refractivity contribution in [3.63, 3.8) is 0 Å². The number of phosphoric acid groups is 1. The van der Waals surface area contributed by atoms with Crippen LogP contribution >= 0.6 is 7.82 Å². The van der Waals surface area contributed by atoms with Crippen molar-refractivity contribution in [1.82, 2.24) is 0 Å². The molecule has 3 atom stereocenters. The molecule has 0 aliphatic heterocycles. The van der Waals surface area contributed by atoms with E-state index in [9.17, 15) is 24.2 Å². The number of nitrogens with zero attached hydrogens (tertiary/aromatic N) is 1. The second-order valence-corrected chi connectivity index (χ2v) is 17.6. The van der Waals surface area contributed by atoms with Crippen LogP contribution in [0.1, 0.15) is 146 Å². The number of aliphatic hydroxyl groups is 1. The highest BCUT2D eigenvalue weighted by Crippen LogP contribution is 2.43. The van der Waals surface area contributed by atoms with Gasteiger partial charge in [-0.2, -0.15) is 0 Å². The first-order valence-electron chi connectivity index (χ1n) is 21.8. The lowest BCUT2D eigenvalue weighted by molar-refractivity contribution is -0.870. The SMILES string of the molecule is CCCCC/C=C\C/C=C\CC(O)/C=C\C=C\CCCC(=O)O[C@H](COC(=O)CCCCCCCCc1oc(CCC)c(C)c1C)COP(=O)(O)OCC[N+](C)(C)C. The Balaban J connectivity index is 2.45. The van der Waals surface area contributed by atoms with Crippen LogP contribution in [0.2, 0.25) is 0 Å². The van der Waals surface area contributed by atoms with E-state index in [1.54, 1.807) is 12.2 Å². The number of aliphatic hydroxyl groups excluding tert-OH is 1. The number of furan rings is 1. The van der Waals surface area contributed by atoms with Gasteiger partial charge in [0.1, 0.15) is 31.3 Å². The lowest BCUT2D eigenvalue weighted by Gasteiger charge is -2.24. The lowest BCUT2D eigenvalue weighted by Crippen LogP contribution is -2.37. The summed E-state index contributed by atoms with van der Waals surface area (Å²) in [6.45, 7) is 8.36. The first-order valence-corrected chi connectivity index (χ1v) is 23.3. The summed E-state index contributed by atoms with van der Waals surface area (Å²) in [6, 6.07) is 0. The zero-order valence-electron chi connectivity index (χ0n) is 37.1. The minimum atomic E-state index is -4.43. The molecule has 0 aliphatic rings. The molecule has 12 heteroatoms. The summed E-state index contributed by atoms with van der Waals surface area (Å²) < 4.78 is 40.3. The monoisotopic (exact) mass is 837 g/mol. The molecule has 0 spiro atoms. The standard InChI is InChI=1S/C46H78NO10P/c1-8-10-11-12-13-14-15-19-24-30-41(48)31-25-20-18-23-28-34-46(50)56-42(38-55-58(51,52)54-36-35-47(5,6)7)37-53-45(49)33-27-22-17-16-21-26-32-44-40(4)39(3)43(57-44)29-9-2/h13-14,18-20,24-25,31,41-42,48H,8-12,15-17,21-23,26-30,32-38H2,1-7H3/p+1/b14-13-,20-18+,24-19-,31-25-/t41?,42-/m1/s1. The summed E-state index contributed by atoms with van der Waals surface area (Å²) in [5.41, 5.74) is 2.56. The number of carbonyl (C=O) groups is 2. The fraction of sp³-hybridized carbons (Fsp3) is 0.696. The molecule has 2 N–H and O–H groups in total. The van der Waals surface area contributed by atoms with E-state index < -0.39 is 38.6 Å². The van der Waals surface area contributed by atoms with E-state index in [2.05, 4.69) is 45.9 Å². The Hall–Kier alpha value is -2.79. The molecule has 0 radical (unpaired) electrons. The largest absolute Gasteiger partial charge is 0.472 e. The molecule has 11 nitrogen and oxygen atoms in total. The second kappa shape index (κ2) is 32.0. The van der Waals surface area contributed by atoms with Crippen LogP contribution in [-0.4, -0.2) is 86.1 Å². The van der Waals surface area contributed by atoms with Gasteiger partial charge in [0.05, 0.1) is 33.9 Å². The van der Waals surface area contributed by atoms with E-state index in [1.165, 1.54) is 30.4 Å². The number of aryl methyl sites for hydroxylation is 2. The van der Waals surface area contributed by atoms with E-state index in [4.69, 9.17) is 22.9 Å². The van der Waals surface area contributed by atoms with Gasteiger partial charge < -0.3 is 28.4 Å². The van der Waals surface area contributed by atoms with Gasteiger partial charge in [-0.15, -0.1) is 0 Å². The zero-order valence-corrected chi connectivity index (χ0v) is 38.0. The third-order valence-corrected chi connectivity index (χ3v) is 10.6. The number of ether oxygens (including phenoxy) is 2. The van der Waals surface area contributed by atoms with E-state index in [1.807, 2.05) is 39.4 Å². The minimum absolute atomic E-state index is 0.00417. The minimum Gasteiger partial charge on any atom is -0.466 e. The Morgan fingerprint density at radius 1 is 0.741 bits per heavy atom. The third-order valence-electron chi connectivity index (χ3n) is 9.62. The Kier molecular flexibility index (Phi) is 29.4. The van der Waals surface area contributed by atoms with Crippen molar-refractivity contribution in [2.24, 2.45) is 0 Å². The van der Waals surface area contributed by atoms with Crippen molar-refractivity contribution in [3.8, 4) is 0 Å². The number of quaternary nitrogens is 1. The van der Waals surface area contributed by atoms with Crippen LogP contribution < -0.4 is 0 Å². The predicted octanol–water partition coefficient (Wildman–Crippen LogP) is 10.5. The van der Waals surface area contributed by atoms with Crippen LogP contribution in [0.4, 0.5) is 0 Å². The number of unbranched alkanes of at least 4 members (excludes halogenated alkanes) is 9. The lowest BCUT2D eigenvalue weighted by atomic mass is 10.0. The van der Waals surface area contributed by atoms with Gasteiger partial charge in [0.25, 0.3) is 0 Å². The van der Waals surface area contributed by atoms with Crippen LogP contribution in [0.25, 0.3) is 0 Å². The molecule has 1 rings (SSSR count). The molecule has 0 aromatic carbocycles. The van der Waals surface area contributed by atoms with Crippen molar-refractivity contribution in [1.29, 1.82) is 0 Å². The number of carbonyl (C=O) groups excluding carboxylic acids is 2. The summed E-state index contributed by atoms with van der Waals surface area (Å²) in [5, 5.41) is 10.2. The van der Waals surface area contributed by atoms with E-state index >= 15 is 0 Å². The summed E-state index contributed by atoms with van der Waals surface area (Å²) in [7, 11) is 1.35. The maximum atomic E-state index is 12.7. The number of hydrogen-bond donors (Lipinski definition) is 2. The molecule has 0 aliphatic carbocycles. The number of phosphoric ester groups is 1. The molecule has 0 fully saturated rings. The van der Waals surface area contributed by atoms with Gasteiger partial charge in [0.2, 0.25) is 0 Å². The summed E-state index contributed by atoms with van der Waals surface area (Å²) in [4.78, 5) is 35.4. The average Bonchev–Trinajstić information content (AvgIpc) is 3.43. The maximum absolute atomic E-state index is 12.7. The molecular formula is C46H79NO10P+. The number of rotatable bonds is 35. The Morgan fingerprint density at radius 2 is 1.40 bits per heavy atom. The van der Waals surface area contributed by atoms with Gasteiger partial charge in [0.15, 0.2) is 6.10 Å². The van der Waals surface area contributed by atoms with Gasteiger partial charge in [-0.05, 0) is 82.8 Å². The number of hydrogen-bond acceptors (Lipinski definition) is 9. The van der Waals surface area contributed by atoms with Crippen molar-refractivity contribution < 1.29 is 51.6 Å². The quantitative estimate of drug-likeness (QED) is 0.0169. The van der Waals surface area contributed by atoms with Crippen LogP contribution in [0.15, 0.2) is 53.0 Å². The van der Waals surface area contributed by atoms with Gasteiger partial charge in [0, 0.05) is 25.7 Å². The van der Waals surface area contributed by atoms with Crippen molar-refractivity contribution in [2.45, 2.75) is 162 Å². The Labute approximate surface area is 351 Å². The Bertz CT molecular complexity index is 1420. The van der Waals surface area contributed by atoms with Crippen molar-refractivity contribution in [3.05, 3.63) is 71.3 Å². The van der Waals surface area contributed by atoms with Crippen LogP contribution in [0.3, 0.4) is 0 Å². The Morgan fingerprint density at radius 3 is 2.10 bits per heavy atom. The molecule has 332 valence electrons. The molecule has 1 aromatic rings. The van der Waals surface area contributed by atoms with Crippen LogP contribution in [0, 0.1) is 13.8 Å². The van der Waals surface area contributed by atoms with E-state index in [0.29, 0.717) is 36.7 Å². The molecule has 2 unspecified atom stereocenters.